The molecule has 27 heavy (non-hydrogen) atoms. The molecule has 140 valence electrons. The lowest BCUT2D eigenvalue weighted by Crippen LogP contribution is -2.49. The maximum absolute atomic E-state index is 13.3. The molecule has 7 heteroatoms. The third-order valence-electron chi connectivity index (χ3n) is 5.00. The number of imidazole rings is 1. The van der Waals surface area contributed by atoms with Crippen LogP contribution in [0.2, 0.25) is 0 Å². The minimum Gasteiger partial charge on any atom is -0.339 e. The highest BCUT2D eigenvalue weighted by atomic mass is 19.1. The Kier molecular flexibility index (Phi) is 4.77. The van der Waals surface area contributed by atoms with Gasteiger partial charge in [0.1, 0.15) is 12.4 Å². The molecule has 1 N–H and O–H groups in total. The Hall–Kier alpha value is -2.93. The number of benzene rings is 2. The second-order valence-corrected chi connectivity index (χ2v) is 6.82. The van der Waals surface area contributed by atoms with Gasteiger partial charge in [-0.05, 0) is 23.8 Å². The lowest BCUT2D eigenvalue weighted by Gasteiger charge is -2.34. The van der Waals surface area contributed by atoms with E-state index in [9.17, 15) is 14.0 Å². The first-order valence-corrected chi connectivity index (χ1v) is 9.02. The van der Waals surface area contributed by atoms with Crippen LogP contribution in [0.5, 0.6) is 0 Å². The molecule has 0 atom stereocenters. The van der Waals surface area contributed by atoms with Crippen molar-refractivity contribution in [3.05, 3.63) is 70.4 Å². The zero-order valence-electron chi connectivity index (χ0n) is 14.9. The Morgan fingerprint density at radius 3 is 2.52 bits per heavy atom. The van der Waals surface area contributed by atoms with Gasteiger partial charge >= 0.3 is 5.69 Å². The standard InChI is InChI=1S/C20H21FN4O2/c21-16-6-7-18-17(12-16)22-20(27)25(18)14-19(26)24-10-8-23(9-11-24)13-15-4-2-1-3-5-15/h1-7,12H,8-11,13-14H2,(H,22,27). The van der Waals surface area contributed by atoms with E-state index in [2.05, 4.69) is 22.0 Å². The van der Waals surface area contributed by atoms with E-state index in [-0.39, 0.29) is 12.5 Å². The van der Waals surface area contributed by atoms with E-state index in [1.54, 1.807) is 4.90 Å². The number of aromatic amines is 1. The highest BCUT2D eigenvalue weighted by Crippen LogP contribution is 2.13. The molecule has 1 fully saturated rings. The first-order chi connectivity index (χ1) is 13.1. The van der Waals surface area contributed by atoms with Gasteiger partial charge < -0.3 is 9.88 Å². The molecule has 1 saturated heterocycles. The predicted octanol–water partition coefficient (Wildman–Crippen LogP) is 1.81. The van der Waals surface area contributed by atoms with E-state index < -0.39 is 11.5 Å². The molecule has 0 aliphatic carbocycles. The van der Waals surface area contributed by atoms with Crippen LogP contribution in [0.1, 0.15) is 5.56 Å². The minimum absolute atomic E-state index is 0.0385. The van der Waals surface area contributed by atoms with Gasteiger partial charge in [-0.3, -0.25) is 14.3 Å². The Morgan fingerprint density at radius 2 is 1.78 bits per heavy atom. The smallest absolute Gasteiger partial charge is 0.326 e. The number of nitrogens with zero attached hydrogens (tertiary/aromatic N) is 3. The minimum atomic E-state index is -0.420. The summed E-state index contributed by atoms with van der Waals surface area (Å²) in [6, 6.07) is 14.3. The molecule has 4 rings (SSSR count). The molecule has 2 aromatic carbocycles. The topological polar surface area (TPSA) is 61.3 Å². The second-order valence-electron chi connectivity index (χ2n) is 6.82. The van der Waals surface area contributed by atoms with E-state index in [4.69, 9.17) is 0 Å². The summed E-state index contributed by atoms with van der Waals surface area (Å²) >= 11 is 0. The number of fused-ring (bicyclic) bond motifs is 1. The molecule has 1 aromatic heterocycles. The first-order valence-electron chi connectivity index (χ1n) is 9.02. The van der Waals surface area contributed by atoms with Gasteiger partial charge in [0.25, 0.3) is 0 Å². The van der Waals surface area contributed by atoms with Gasteiger partial charge in [-0.25, -0.2) is 9.18 Å². The number of halogens is 1. The van der Waals surface area contributed by atoms with Crippen molar-refractivity contribution in [2.75, 3.05) is 26.2 Å². The average Bonchev–Trinajstić information content (AvgIpc) is 2.97. The molecular weight excluding hydrogens is 347 g/mol. The summed E-state index contributed by atoms with van der Waals surface area (Å²) in [6.07, 6.45) is 0. The Morgan fingerprint density at radius 1 is 1.04 bits per heavy atom. The number of amides is 1. The van der Waals surface area contributed by atoms with Gasteiger partial charge in [0.15, 0.2) is 0 Å². The molecular formula is C20H21FN4O2. The highest BCUT2D eigenvalue weighted by molar-refractivity contribution is 5.80. The molecule has 0 saturated carbocycles. The Bertz CT molecular complexity index is 1000. The Labute approximate surface area is 155 Å². The number of hydrogen-bond acceptors (Lipinski definition) is 3. The molecule has 0 bridgehead atoms. The molecule has 0 radical (unpaired) electrons. The van der Waals surface area contributed by atoms with Gasteiger partial charge in [-0.15, -0.1) is 0 Å². The molecule has 6 nitrogen and oxygen atoms in total. The van der Waals surface area contributed by atoms with Gasteiger partial charge in [0.2, 0.25) is 5.91 Å². The van der Waals surface area contributed by atoms with Crippen molar-refractivity contribution in [2.24, 2.45) is 0 Å². The summed E-state index contributed by atoms with van der Waals surface area (Å²) in [5.74, 6) is -0.515. The first kappa shape index (κ1) is 17.5. The summed E-state index contributed by atoms with van der Waals surface area (Å²) in [6.45, 7) is 3.71. The van der Waals surface area contributed by atoms with Crippen molar-refractivity contribution < 1.29 is 9.18 Å². The zero-order valence-corrected chi connectivity index (χ0v) is 14.9. The lowest BCUT2D eigenvalue weighted by molar-refractivity contribution is -0.133. The third kappa shape index (κ3) is 3.78. The van der Waals surface area contributed by atoms with Crippen LogP contribution in [0, 0.1) is 5.82 Å². The summed E-state index contributed by atoms with van der Waals surface area (Å²) in [5.41, 5.74) is 1.81. The fourth-order valence-electron chi connectivity index (χ4n) is 3.53. The summed E-state index contributed by atoms with van der Waals surface area (Å²) in [5, 5.41) is 0. The fraction of sp³-hybridized carbons (Fsp3) is 0.300. The van der Waals surface area contributed by atoms with Crippen LogP contribution >= 0.6 is 0 Å². The number of carbonyl (C=O) groups is 1. The summed E-state index contributed by atoms with van der Waals surface area (Å²) < 4.78 is 14.7. The van der Waals surface area contributed by atoms with Crippen molar-refractivity contribution >= 4 is 16.9 Å². The van der Waals surface area contributed by atoms with Crippen LogP contribution in [0.3, 0.4) is 0 Å². The van der Waals surface area contributed by atoms with Crippen molar-refractivity contribution in [2.45, 2.75) is 13.1 Å². The molecule has 0 spiro atoms. The number of nitrogens with one attached hydrogen (secondary N) is 1. The second kappa shape index (κ2) is 7.36. The monoisotopic (exact) mass is 368 g/mol. The number of H-pyrrole nitrogens is 1. The van der Waals surface area contributed by atoms with Crippen LogP contribution in [0.4, 0.5) is 4.39 Å². The summed E-state index contributed by atoms with van der Waals surface area (Å²) in [7, 11) is 0. The average molecular weight is 368 g/mol. The SMILES string of the molecule is O=C(Cn1c(=O)[nH]c2cc(F)ccc21)N1CCN(Cc2ccccc2)CC1. The van der Waals surface area contributed by atoms with Crippen molar-refractivity contribution in [3.63, 3.8) is 0 Å². The largest absolute Gasteiger partial charge is 0.339 e. The molecule has 1 aliphatic rings. The van der Waals surface area contributed by atoms with E-state index in [1.165, 1.54) is 28.3 Å². The van der Waals surface area contributed by atoms with Crippen molar-refractivity contribution in [1.29, 1.82) is 0 Å². The quantitative estimate of drug-likeness (QED) is 0.764. The van der Waals surface area contributed by atoms with E-state index >= 15 is 0 Å². The zero-order chi connectivity index (χ0) is 18.8. The molecule has 0 unspecified atom stereocenters. The Balaban J connectivity index is 1.39. The third-order valence-corrected chi connectivity index (χ3v) is 5.00. The van der Waals surface area contributed by atoms with Gasteiger partial charge in [-0.2, -0.15) is 0 Å². The number of piperazine rings is 1. The highest BCUT2D eigenvalue weighted by Gasteiger charge is 2.22. The fourth-order valence-corrected chi connectivity index (χ4v) is 3.53. The van der Waals surface area contributed by atoms with Gasteiger partial charge in [-0.1, -0.05) is 30.3 Å². The lowest BCUT2D eigenvalue weighted by atomic mass is 10.2. The normalized spacial score (nSPS) is 15.4. The van der Waals surface area contributed by atoms with Crippen LogP contribution < -0.4 is 5.69 Å². The number of hydrogen-bond donors (Lipinski definition) is 1. The van der Waals surface area contributed by atoms with Gasteiger partial charge in [0, 0.05) is 32.7 Å². The predicted molar refractivity (Wildman–Crippen MR) is 101 cm³/mol. The molecule has 1 aliphatic heterocycles. The van der Waals surface area contributed by atoms with Gasteiger partial charge in [0.05, 0.1) is 11.0 Å². The number of carbonyl (C=O) groups excluding carboxylic acids is 1. The summed E-state index contributed by atoms with van der Waals surface area (Å²) in [4.78, 5) is 31.5. The molecule has 1 amide bonds. The van der Waals surface area contributed by atoms with E-state index in [0.717, 1.165) is 19.6 Å². The van der Waals surface area contributed by atoms with Crippen LogP contribution in [-0.4, -0.2) is 51.4 Å². The van der Waals surface area contributed by atoms with E-state index in [1.807, 2.05) is 18.2 Å². The number of rotatable bonds is 4. The number of aromatic nitrogens is 2. The van der Waals surface area contributed by atoms with Crippen LogP contribution in [-0.2, 0) is 17.9 Å². The van der Waals surface area contributed by atoms with Crippen LogP contribution in [0.15, 0.2) is 53.3 Å². The van der Waals surface area contributed by atoms with Crippen LogP contribution in [0.25, 0.3) is 11.0 Å². The maximum Gasteiger partial charge on any atom is 0.326 e. The van der Waals surface area contributed by atoms with Crippen molar-refractivity contribution in [3.8, 4) is 0 Å². The van der Waals surface area contributed by atoms with E-state index in [0.29, 0.717) is 24.1 Å². The van der Waals surface area contributed by atoms with Crippen molar-refractivity contribution in [1.82, 2.24) is 19.4 Å². The maximum atomic E-state index is 13.3. The molecule has 3 aromatic rings. The molecule has 2 heterocycles.